The maximum absolute atomic E-state index is 4.13. The van der Waals surface area contributed by atoms with E-state index >= 15 is 0 Å². The standard InChI is InChI=1S/C6H4IN3/c7-6-9-4-2-1-3-8-5(4)10-6/h1-3H,(H,8,9,10). The van der Waals surface area contributed by atoms with Gasteiger partial charge >= 0.3 is 0 Å². The Morgan fingerprint density at radius 3 is 3.20 bits per heavy atom. The molecule has 0 aliphatic rings. The number of hydrogen-bond acceptors (Lipinski definition) is 2. The van der Waals surface area contributed by atoms with Crippen molar-refractivity contribution in [2.45, 2.75) is 0 Å². The molecule has 2 rings (SSSR count). The summed E-state index contributed by atoms with van der Waals surface area (Å²) in [6.07, 6.45) is 1.74. The molecule has 0 saturated carbocycles. The summed E-state index contributed by atoms with van der Waals surface area (Å²) in [7, 11) is 0. The zero-order valence-electron chi connectivity index (χ0n) is 5.00. The summed E-state index contributed by atoms with van der Waals surface area (Å²) in [6.45, 7) is 0. The van der Waals surface area contributed by atoms with Crippen LogP contribution < -0.4 is 0 Å². The minimum Gasteiger partial charge on any atom is -0.332 e. The van der Waals surface area contributed by atoms with Crippen LogP contribution in [-0.4, -0.2) is 15.0 Å². The van der Waals surface area contributed by atoms with Crippen LogP contribution in [-0.2, 0) is 0 Å². The Kier molecular flexibility index (Phi) is 1.33. The molecule has 0 fully saturated rings. The van der Waals surface area contributed by atoms with E-state index in [2.05, 4.69) is 37.5 Å². The van der Waals surface area contributed by atoms with E-state index in [1.165, 1.54) is 0 Å². The van der Waals surface area contributed by atoms with Gasteiger partial charge in [-0.2, -0.15) is 0 Å². The van der Waals surface area contributed by atoms with Gasteiger partial charge in [-0.15, -0.1) is 0 Å². The fourth-order valence-corrected chi connectivity index (χ4v) is 1.33. The van der Waals surface area contributed by atoms with Crippen LogP contribution in [0.3, 0.4) is 0 Å². The molecule has 0 amide bonds. The predicted molar refractivity (Wildman–Crippen MR) is 46.6 cm³/mol. The highest BCUT2D eigenvalue weighted by Crippen LogP contribution is 2.07. The van der Waals surface area contributed by atoms with Crippen LogP contribution in [0.15, 0.2) is 18.3 Å². The van der Waals surface area contributed by atoms with E-state index in [1.54, 1.807) is 6.20 Å². The lowest BCUT2D eigenvalue weighted by atomic mass is 10.4. The van der Waals surface area contributed by atoms with Crippen molar-refractivity contribution in [2.75, 3.05) is 0 Å². The van der Waals surface area contributed by atoms with Crippen molar-refractivity contribution in [3.05, 3.63) is 22.2 Å². The van der Waals surface area contributed by atoms with Gasteiger partial charge in [0.15, 0.2) is 9.48 Å². The van der Waals surface area contributed by atoms with E-state index in [0.29, 0.717) is 0 Å². The summed E-state index contributed by atoms with van der Waals surface area (Å²) in [5.74, 6) is 0. The second-order valence-electron chi connectivity index (χ2n) is 1.90. The zero-order valence-corrected chi connectivity index (χ0v) is 7.16. The number of aromatic amines is 1. The molecule has 0 bridgehead atoms. The molecule has 0 radical (unpaired) electrons. The van der Waals surface area contributed by atoms with Crippen molar-refractivity contribution < 1.29 is 0 Å². The lowest BCUT2D eigenvalue weighted by Gasteiger charge is -1.80. The Balaban J connectivity index is 2.88. The van der Waals surface area contributed by atoms with Crippen molar-refractivity contribution in [3.8, 4) is 0 Å². The Hall–Kier alpha value is -0.650. The van der Waals surface area contributed by atoms with Crippen LogP contribution >= 0.6 is 22.6 Å². The molecule has 10 heavy (non-hydrogen) atoms. The van der Waals surface area contributed by atoms with Crippen LogP contribution in [0, 0.1) is 3.83 Å². The maximum atomic E-state index is 4.13. The number of nitrogens with one attached hydrogen (secondary N) is 1. The fourth-order valence-electron chi connectivity index (χ4n) is 0.816. The number of rotatable bonds is 0. The van der Waals surface area contributed by atoms with Crippen molar-refractivity contribution in [1.82, 2.24) is 15.0 Å². The highest BCUT2D eigenvalue weighted by atomic mass is 127. The smallest absolute Gasteiger partial charge is 0.178 e. The van der Waals surface area contributed by atoms with E-state index in [9.17, 15) is 0 Å². The summed E-state index contributed by atoms with van der Waals surface area (Å²) in [5.41, 5.74) is 1.78. The number of imidazole rings is 1. The first-order valence-corrected chi connectivity index (χ1v) is 3.90. The lowest BCUT2D eigenvalue weighted by Crippen LogP contribution is -1.72. The van der Waals surface area contributed by atoms with Crippen LogP contribution in [0.25, 0.3) is 11.2 Å². The van der Waals surface area contributed by atoms with Crippen LogP contribution in [0.4, 0.5) is 0 Å². The van der Waals surface area contributed by atoms with Gasteiger partial charge in [-0.3, -0.25) is 0 Å². The summed E-state index contributed by atoms with van der Waals surface area (Å²) < 4.78 is 0.881. The third kappa shape index (κ3) is 0.880. The van der Waals surface area contributed by atoms with Crippen molar-refractivity contribution in [2.24, 2.45) is 0 Å². The monoisotopic (exact) mass is 245 g/mol. The first-order valence-electron chi connectivity index (χ1n) is 2.82. The molecular weight excluding hydrogens is 241 g/mol. The molecular formula is C6H4IN3. The van der Waals surface area contributed by atoms with E-state index in [-0.39, 0.29) is 0 Å². The second kappa shape index (κ2) is 2.19. The molecule has 50 valence electrons. The van der Waals surface area contributed by atoms with Gasteiger partial charge in [-0.25, -0.2) is 9.97 Å². The first kappa shape index (κ1) is 6.09. The molecule has 0 spiro atoms. The first-order chi connectivity index (χ1) is 4.86. The summed E-state index contributed by atoms with van der Waals surface area (Å²) in [6, 6.07) is 3.84. The number of fused-ring (bicyclic) bond motifs is 1. The fraction of sp³-hybridized carbons (Fsp3) is 0. The van der Waals surface area contributed by atoms with Crippen molar-refractivity contribution in [3.63, 3.8) is 0 Å². The van der Waals surface area contributed by atoms with Crippen molar-refractivity contribution >= 4 is 33.8 Å². The van der Waals surface area contributed by atoms with Gasteiger partial charge in [0.05, 0.1) is 5.52 Å². The molecule has 0 aliphatic carbocycles. The molecule has 2 heterocycles. The van der Waals surface area contributed by atoms with Crippen molar-refractivity contribution in [1.29, 1.82) is 0 Å². The number of H-pyrrole nitrogens is 1. The van der Waals surface area contributed by atoms with Crippen LogP contribution in [0.1, 0.15) is 0 Å². The van der Waals surface area contributed by atoms with Gasteiger partial charge in [-0.1, -0.05) is 0 Å². The molecule has 4 heteroatoms. The quantitative estimate of drug-likeness (QED) is 0.715. The summed E-state index contributed by atoms with van der Waals surface area (Å²) in [4.78, 5) is 11.3. The average molecular weight is 245 g/mol. The molecule has 0 saturated heterocycles. The Bertz CT molecular complexity index is 322. The van der Waals surface area contributed by atoms with Gasteiger partial charge in [0.1, 0.15) is 0 Å². The molecule has 2 aromatic heterocycles. The van der Waals surface area contributed by atoms with E-state index in [0.717, 1.165) is 15.0 Å². The minimum absolute atomic E-state index is 0.784. The second-order valence-corrected chi connectivity index (χ2v) is 2.92. The molecule has 3 nitrogen and oxygen atoms in total. The van der Waals surface area contributed by atoms with Crippen LogP contribution in [0.5, 0.6) is 0 Å². The van der Waals surface area contributed by atoms with Gasteiger partial charge in [0.2, 0.25) is 0 Å². The Morgan fingerprint density at radius 1 is 1.50 bits per heavy atom. The zero-order chi connectivity index (χ0) is 6.97. The van der Waals surface area contributed by atoms with Gasteiger partial charge in [0.25, 0.3) is 0 Å². The summed E-state index contributed by atoms with van der Waals surface area (Å²) in [5, 5.41) is 0. The SMILES string of the molecule is Ic1nc2ncccc2[nH]1. The lowest BCUT2D eigenvalue weighted by molar-refractivity contribution is 1.24. The number of pyridine rings is 1. The third-order valence-electron chi connectivity index (χ3n) is 1.23. The third-order valence-corrected chi connectivity index (χ3v) is 1.74. The number of aromatic nitrogens is 3. The molecule has 0 unspecified atom stereocenters. The molecule has 0 aliphatic heterocycles. The number of halogens is 1. The highest BCUT2D eigenvalue weighted by molar-refractivity contribution is 14.1. The maximum Gasteiger partial charge on any atom is 0.178 e. The summed E-state index contributed by atoms with van der Waals surface area (Å²) >= 11 is 2.13. The van der Waals surface area contributed by atoms with Gasteiger partial charge in [-0.05, 0) is 34.7 Å². The topological polar surface area (TPSA) is 41.6 Å². The Morgan fingerprint density at radius 2 is 2.40 bits per heavy atom. The van der Waals surface area contributed by atoms with Gasteiger partial charge in [0, 0.05) is 6.20 Å². The Labute approximate surface area is 71.0 Å². The molecule has 0 atom stereocenters. The largest absolute Gasteiger partial charge is 0.332 e. The van der Waals surface area contributed by atoms with Crippen LogP contribution in [0.2, 0.25) is 0 Å². The minimum atomic E-state index is 0.784. The number of nitrogens with zero attached hydrogens (tertiary/aromatic N) is 2. The number of hydrogen-bond donors (Lipinski definition) is 1. The predicted octanol–water partition coefficient (Wildman–Crippen LogP) is 1.56. The van der Waals surface area contributed by atoms with Gasteiger partial charge < -0.3 is 4.98 Å². The highest BCUT2D eigenvalue weighted by Gasteiger charge is 1.96. The van der Waals surface area contributed by atoms with E-state index < -0.39 is 0 Å². The normalized spacial score (nSPS) is 10.5. The average Bonchev–Trinajstić information content (AvgIpc) is 2.27. The molecule has 2 aromatic rings. The molecule has 0 aromatic carbocycles. The van der Waals surface area contributed by atoms with E-state index in [4.69, 9.17) is 0 Å². The molecule has 1 N–H and O–H groups in total. The van der Waals surface area contributed by atoms with E-state index in [1.807, 2.05) is 12.1 Å².